The quantitative estimate of drug-likeness (QED) is 0.634. The Morgan fingerprint density at radius 1 is 1.28 bits per heavy atom. The second-order valence-electron chi connectivity index (χ2n) is 4.52. The summed E-state index contributed by atoms with van der Waals surface area (Å²) < 4.78 is 11.3. The van der Waals surface area contributed by atoms with Crippen molar-refractivity contribution in [3.05, 3.63) is 54.0 Å². The highest BCUT2D eigenvalue weighted by atomic mass is 16.5. The summed E-state index contributed by atoms with van der Waals surface area (Å²) in [5.74, 6) is 7.51. The number of hydrogen-bond donors (Lipinski definition) is 2. The molecule has 2 aromatic rings. The van der Waals surface area contributed by atoms with E-state index in [-0.39, 0.29) is 12.1 Å². The molecule has 2 unspecified atom stereocenters. The summed E-state index contributed by atoms with van der Waals surface area (Å²) in [5.41, 5.74) is 4.07. The molecule has 4 heteroatoms. The van der Waals surface area contributed by atoms with Crippen LogP contribution >= 0.6 is 0 Å². The van der Waals surface area contributed by atoms with Crippen LogP contribution in [0.1, 0.15) is 11.3 Å². The normalized spacial score (nSPS) is 19.3. The predicted octanol–water partition coefficient (Wildman–Crippen LogP) is 1.66. The van der Waals surface area contributed by atoms with Gasteiger partial charge in [-0.05, 0) is 23.8 Å². The maximum atomic E-state index is 5.92. The molecule has 1 aromatic carbocycles. The highest BCUT2D eigenvalue weighted by Gasteiger charge is 2.30. The molecule has 0 spiro atoms. The van der Waals surface area contributed by atoms with E-state index in [4.69, 9.17) is 15.0 Å². The van der Waals surface area contributed by atoms with Crippen molar-refractivity contribution in [1.82, 2.24) is 5.43 Å². The third-order valence-corrected chi connectivity index (χ3v) is 3.34. The fourth-order valence-electron chi connectivity index (χ4n) is 2.38. The lowest BCUT2D eigenvalue weighted by Crippen LogP contribution is -2.47. The summed E-state index contributed by atoms with van der Waals surface area (Å²) in [6.45, 7) is 0. The molecule has 18 heavy (non-hydrogen) atoms. The lowest BCUT2D eigenvalue weighted by molar-refractivity contribution is 0.173. The van der Waals surface area contributed by atoms with Crippen molar-refractivity contribution in [2.45, 2.75) is 25.0 Å². The van der Waals surface area contributed by atoms with Crippen LogP contribution in [-0.2, 0) is 12.8 Å². The van der Waals surface area contributed by atoms with Crippen molar-refractivity contribution in [2.24, 2.45) is 5.84 Å². The molecule has 0 bridgehead atoms. The van der Waals surface area contributed by atoms with Crippen LogP contribution in [0.2, 0.25) is 0 Å². The number of nitrogens with two attached hydrogens (primary N) is 1. The first kappa shape index (κ1) is 11.3. The van der Waals surface area contributed by atoms with E-state index in [1.807, 2.05) is 30.3 Å². The molecule has 1 aliphatic rings. The number of fused-ring (bicyclic) bond motifs is 1. The Hall–Kier alpha value is -1.78. The SMILES string of the molecule is NNC(Cc1ccco1)C1Cc2ccccc2O1. The van der Waals surface area contributed by atoms with E-state index in [1.165, 1.54) is 5.56 Å². The van der Waals surface area contributed by atoms with Crippen LogP contribution in [0, 0.1) is 0 Å². The molecule has 2 atom stereocenters. The number of para-hydroxylation sites is 1. The minimum Gasteiger partial charge on any atom is -0.488 e. The maximum Gasteiger partial charge on any atom is 0.123 e. The van der Waals surface area contributed by atoms with Gasteiger partial charge in [-0.1, -0.05) is 18.2 Å². The zero-order valence-electron chi connectivity index (χ0n) is 10.0. The van der Waals surface area contributed by atoms with Crippen molar-refractivity contribution >= 4 is 0 Å². The zero-order chi connectivity index (χ0) is 12.4. The van der Waals surface area contributed by atoms with Crippen molar-refractivity contribution in [2.75, 3.05) is 0 Å². The van der Waals surface area contributed by atoms with Crippen LogP contribution in [-0.4, -0.2) is 12.1 Å². The van der Waals surface area contributed by atoms with Gasteiger partial charge < -0.3 is 9.15 Å². The van der Waals surface area contributed by atoms with E-state index in [1.54, 1.807) is 6.26 Å². The van der Waals surface area contributed by atoms with E-state index in [0.717, 1.165) is 24.4 Å². The van der Waals surface area contributed by atoms with Gasteiger partial charge in [0, 0.05) is 12.8 Å². The van der Waals surface area contributed by atoms with Gasteiger partial charge >= 0.3 is 0 Å². The molecule has 94 valence electrons. The predicted molar refractivity (Wildman–Crippen MR) is 68.1 cm³/mol. The minimum absolute atomic E-state index is 0.0450. The Labute approximate surface area is 106 Å². The fourth-order valence-corrected chi connectivity index (χ4v) is 2.38. The molecule has 3 rings (SSSR count). The first-order chi connectivity index (χ1) is 8.86. The van der Waals surface area contributed by atoms with Crippen molar-refractivity contribution in [1.29, 1.82) is 0 Å². The van der Waals surface area contributed by atoms with Crippen molar-refractivity contribution in [3.8, 4) is 5.75 Å². The van der Waals surface area contributed by atoms with Crippen LogP contribution in [0.5, 0.6) is 5.75 Å². The topological polar surface area (TPSA) is 60.4 Å². The standard InChI is InChI=1S/C14H16N2O2/c15-16-12(9-11-5-3-7-17-11)14-8-10-4-1-2-6-13(10)18-14/h1-7,12,14,16H,8-9,15H2. The maximum absolute atomic E-state index is 5.92. The molecule has 4 nitrogen and oxygen atoms in total. The summed E-state index contributed by atoms with van der Waals surface area (Å²) in [6, 6.07) is 12.0. The molecule has 0 fully saturated rings. The molecule has 0 amide bonds. The Morgan fingerprint density at radius 2 is 2.17 bits per heavy atom. The summed E-state index contributed by atoms with van der Waals surface area (Å²) in [7, 11) is 0. The lowest BCUT2D eigenvalue weighted by atomic mass is 10.0. The zero-order valence-corrected chi connectivity index (χ0v) is 10.0. The Morgan fingerprint density at radius 3 is 2.89 bits per heavy atom. The molecule has 0 aliphatic carbocycles. The molecule has 0 saturated carbocycles. The molecular formula is C14H16N2O2. The smallest absolute Gasteiger partial charge is 0.123 e. The van der Waals surface area contributed by atoms with E-state index in [0.29, 0.717) is 0 Å². The number of ether oxygens (including phenoxy) is 1. The van der Waals surface area contributed by atoms with Gasteiger partial charge in [-0.2, -0.15) is 0 Å². The van der Waals surface area contributed by atoms with E-state index < -0.39 is 0 Å². The monoisotopic (exact) mass is 244 g/mol. The molecule has 3 N–H and O–H groups in total. The van der Waals surface area contributed by atoms with Gasteiger partial charge in [0.25, 0.3) is 0 Å². The number of hydrogen-bond acceptors (Lipinski definition) is 4. The average Bonchev–Trinajstić information content (AvgIpc) is 3.04. The summed E-state index contributed by atoms with van der Waals surface area (Å²) >= 11 is 0. The van der Waals surface area contributed by atoms with Gasteiger partial charge in [0.15, 0.2) is 0 Å². The van der Waals surface area contributed by atoms with Crippen LogP contribution in [0.25, 0.3) is 0 Å². The van der Waals surface area contributed by atoms with Crippen molar-refractivity contribution in [3.63, 3.8) is 0 Å². The van der Waals surface area contributed by atoms with Gasteiger partial charge in [-0.15, -0.1) is 0 Å². The highest BCUT2D eigenvalue weighted by Crippen LogP contribution is 2.30. The Kier molecular flexibility index (Phi) is 3.04. The largest absolute Gasteiger partial charge is 0.488 e. The van der Waals surface area contributed by atoms with Crippen LogP contribution in [0.15, 0.2) is 47.1 Å². The Bertz CT molecular complexity index is 483. The third-order valence-electron chi connectivity index (χ3n) is 3.34. The second-order valence-corrected chi connectivity index (χ2v) is 4.52. The second kappa shape index (κ2) is 4.84. The van der Waals surface area contributed by atoms with Gasteiger partial charge in [0.05, 0.1) is 12.3 Å². The van der Waals surface area contributed by atoms with E-state index >= 15 is 0 Å². The van der Waals surface area contributed by atoms with Gasteiger partial charge in [0.1, 0.15) is 17.6 Å². The van der Waals surface area contributed by atoms with Crippen molar-refractivity contribution < 1.29 is 9.15 Å². The summed E-state index contributed by atoms with van der Waals surface area (Å²) in [4.78, 5) is 0. The summed E-state index contributed by atoms with van der Waals surface area (Å²) in [6.07, 6.45) is 3.33. The number of furan rings is 1. The number of rotatable bonds is 4. The minimum atomic E-state index is 0.0450. The number of benzene rings is 1. The molecule has 1 aromatic heterocycles. The summed E-state index contributed by atoms with van der Waals surface area (Å²) in [5, 5.41) is 0. The Balaban J connectivity index is 1.71. The molecule has 0 saturated heterocycles. The van der Waals surface area contributed by atoms with Crippen LogP contribution in [0.4, 0.5) is 0 Å². The van der Waals surface area contributed by atoms with Crippen LogP contribution < -0.4 is 16.0 Å². The highest BCUT2D eigenvalue weighted by molar-refractivity contribution is 5.37. The lowest BCUT2D eigenvalue weighted by Gasteiger charge is -2.21. The molecule has 1 aliphatic heterocycles. The number of hydrazine groups is 1. The molecular weight excluding hydrogens is 228 g/mol. The average molecular weight is 244 g/mol. The van der Waals surface area contributed by atoms with Gasteiger partial charge in [-0.25, -0.2) is 0 Å². The van der Waals surface area contributed by atoms with Gasteiger partial charge in [0.2, 0.25) is 0 Å². The third kappa shape index (κ3) is 2.12. The molecule has 0 radical (unpaired) electrons. The van der Waals surface area contributed by atoms with E-state index in [9.17, 15) is 0 Å². The van der Waals surface area contributed by atoms with Gasteiger partial charge in [-0.3, -0.25) is 11.3 Å². The first-order valence-electron chi connectivity index (χ1n) is 6.10. The number of nitrogens with one attached hydrogen (secondary N) is 1. The van der Waals surface area contributed by atoms with Crippen LogP contribution in [0.3, 0.4) is 0 Å². The van der Waals surface area contributed by atoms with E-state index in [2.05, 4.69) is 11.5 Å². The fraction of sp³-hybridized carbons (Fsp3) is 0.286. The molecule has 2 heterocycles. The first-order valence-corrected chi connectivity index (χ1v) is 6.10.